The zero-order chi connectivity index (χ0) is 14.2. The molecule has 2 aliphatic rings. The highest BCUT2D eigenvalue weighted by molar-refractivity contribution is 7.91. The molecule has 20 heavy (non-hydrogen) atoms. The van der Waals surface area contributed by atoms with E-state index in [-0.39, 0.29) is 17.8 Å². The molecule has 1 saturated heterocycles. The molecule has 2 aliphatic heterocycles. The van der Waals surface area contributed by atoms with Crippen molar-refractivity contribution in [2.75, 3.05) is 18.1 Å². The van der Waals surface area contributed by atoms with Crippen LogP contribution in [-0.2, 0) is 16.3 Å². The lowest BCUT2D eigenvalue weighted by molar-refractivity contribution is 0.356. The van der Waals surface area contributed by atoms with Crippen LogP contribution in [0.15, 0.2) is 18.2 Å². The van der Waals surface area contributed by atoms with Gasteiger partial charge in [0.05, 0.1) is 18.1 Å². The molecule has 1 N–H and O–H groups in total. The highest BCUT2D eigenvalue weighted by atomic mass is 32.2. The number of sulfone groups is 1. The van der Waals surface area contributed by atoms with Crippen molar-refractivity contribution in [3.8, 4) is 5.75 Å². The summed E-state index contributed by atoms with van der Waals surface area (Å²) < 4.78 is 28.9. The molecule has 0 spiro atoms. The molecular formula is C15H21NO3S. The van der Waals surface area contributed by atoms with Gasteiger partial charge in [0.15, 0.2) is 9.84 Å². The Kier molecular flexibility index (Phi) is 3.73. The van der Waals surface area contributed by atoms with E-state index in [4.69, 9.17) is 4.74 Å². The van der Waals surface area contributed by atoms with Crippen LogP contribution in [0, 0.1) is 0 Å². The fourth-order valence-corrected chi connectivity index (χ4v) is 4.73. The molecular weight excluding hydrogens is 274 g/mol. The van der Waals surface area contributed by atoms with Crippen molar-refractivity contribution >= 4 is 9.84 Å². The van der Waals surface area contributed by atoms with Crippen LogP contribution in [0.25, 0.3) is 0 Å². The lowest BCUT2D eigenvalue weighted by Gasteiger charge is -2.27. The van der Waals surface area contributed by atoms with E-state index in [2.05, 4.69) is 24.4 Å². The van der Waals surface area contributed by atoms with Crippen molar-refractivity contribution in [3.05, 3.63) is 29.3 Å². The predicted molar refractivity (Wildman–Crippen MR) is 78.9 cm³/mol. The summed E-state index contributed by atoms with van der Waals surface area (Å²) in [6, 6.07) is 6.51. The van der Waals surface area contributed by atoms with Crippen LogP contribution in [-0.4, -0.2) is 32.6 Å². The Hall–Kier alpha value is -1.07. The molecule has 0 amide bonds. The van der Waals surface area contributed by atoms with Gasteiger partial charge in [-0.25, -0.2) is 8.42 Å². The second-order valence-corrected chi connectivity index (χ2v) is 8.04. The summed E-state index contributed by atoms with van der Waals surface area (Å²) in [5.41, 5.74) is 2.46. The van der Waals surface area contributed by atoms with E-state index in [1.165, 1.54) is 11.1 Å². The molecule has 2 heterocycles. The first-order valence-electron chi connectivity index (χ1n) is 7.25. The third-order valence-electron chi connectivity index (χ3n) is 4.16. The molecule has 1 aromatic carbocycles. The zero-order valence-electron chi connectivity index (χ0n) is 11.8. The molecule has 0 saturated carbocycles. The fraction of sp³-hybridized carbons (Fsp3) is 0.600. The highest BCUT2D eigenvalue weighted by Crippen LogP contribution is 2.28. The van der Waals surface area contributed by atoms with Gasteiger partial charge in [-0.3, -0.25) is 0 Å². The SMILES string of the molecule is CC(NC1CCCS(=O)(=O)C1)c1ccc2c(c1)CCO2. The molecule has 3 rings (SSSR count). The highest BCUT2D eigenvalue weighted by Gasteiger charge is 2.26. The largest absolute Gasteiger partial charge is 0.493 e. The van der Waals surface area contributed by atoms with E-state index in [9.17, 15) is 8.42 Å². The zero-order valence-corrected chi connectivity index (χ0v) is 12.6. The minimum Gasteiger partial charge on any atom is -0.493 e. The lowest BCUT2D eigenvalue weighted by Crippen LogP contribution is -2.41. The van der Waals surface area contributed by atoms with Crippen LogP contribution < -0.4 is 10.1 Å². The van der Waals surface area contributed by atoms with Gasteiger partial charge in [0.25, 0.3) is 0 Å². The Balaban J connectivity index is 1.68. The Morgan fingerprint density at radius 3 is 3.05 bits per heavy atom. The van der Waals surface area contributed by atoms with Crippen LogP contribution in [0.2, 0.25) is 0 Å². The number of nitrogens with one attached hydrogen (secondary N) is 1. The summed E-state index contributed by atoms with van der Waals surface area (Å²) in [4.78, 5) is 0. The van der Waals surface area contributed by atoms with E-state index in [0.29, 0.717) is 5.75 Å². The number of hydrogen-bond donors (Lipinski definition) is 1. The minimum absolute atomic E-state index is 0.0771. The van der Waals surface area contributed by atoms with E-state index in [0.717, 1.165) is 31.6 Å². The van der Waals surface area contributed by atoms with Gasteiger partial charge >= 0.3 is 0 Å². The van der Waals surface area contributed by atoms with Crippen molar-refractivity contribution in [3.63, 3.8) is 0 Å². The molecule has 5 heteroatoms. The quantitative estimate of drug-likeness (QED) is 0.924. The predicted octanol–water partition coefficient (Wildman–Crippen LogP) is 1.85. The summed E-state index contributed by atoms with van der Waals surface area (Å²) in [7, 11) is -2.85. The van der Waals surface area contributed by atoms with Crippen molar-refractivity contribution in [2.45, 2.75) is 38.3 Å². The summed E-state index contributed by atoms with van der Waals surface area (Å²) in [6.07, 6.45) is 2.68. The van der Waals surface area contributed by atoms with Gasteiger partial charge in [0, 0.05) is 18.5 Å². The molecule has 0 aliphatic carbocycles. The minimum atomic E-state index is -2.85. The number of ether oxygens (including phenoxy) is 1. The maximum atomic E-state index is 11.7. The molecule has 0 radical (unpaired) electrons. The lowest BCUT2D eigenvalue weighted by atomic mass is 10.0. The second kappa shape index (κ2) is 5.37. The Bertz CT molecular complexity index is 597. The summed E-state index contributed by atoms with van der Waals surface area (Å²) in [5, 5.41) is 3.46. The van der Waals surface area contributed by atoms with E-state index < -0.39 is 9.84 Å². The average Bonchev–Trinajstić information content (AvgIpc) is 2.84. The van der Waals surface area contributed by atoms with Gasteiger partial charge in [-0.2, -0.15) is 0 Å². The van der Waals surface area contributed by atoms with Gasteiger partial charge in [-0.15, -0.1) is 0 Å². The van der Waals surface area contributed by atoms with E-state index in [1.54, 1.807) is 0 Å². The van der Waals surface area contributed by atoms with Crippen molar-refractivity contribution < 1.29 is 13.2 Å². The van der Waals surface area contributed by atoms with Crippen LogP contribution in [0.1, 0.15) is 36.9 Å². The van der Waals surface area contributed by atoms with Crippen molar-refractivity contribution in [2.24, 2.45) is 0 Å². The van der Waals surface area contributed by atoms with E-state index >= 15 is 0 Å². The maximum absolute atomic E-state index is 11.7. The average molecular weight is 295 g/mol. The third-order valence-corrected chi connectivity index (χ3v) is 5.98. The molecule has 1 aromatic rings. The van der Waals surface area contributed by atoms with Gasteiger partial charge in [-0.1, -0.05) is 12.1 Å². The summed E-state index contributed by atoms with van der Waals surface area (Å²) in [5.74, 6) is 1.60. The number of rotatable bonds is 3. The first kappa shape index (κ1) is 13.9. The first-order valence-corrected chi connectivity index (χ1v) is 9.08. The molecule has 2 unspecified atom stereocenters. The van der Waals surface area contributed by atoms with Gasteiger partial charge in [-0.05, 0) is 37.0 Å². The molecule has 0 bridgehead atoms. The fourth-order valence-electron chi connectivity index (χ4n) is 3.08. The topological polar surface area (TPSA) is 55.4 Å². The van der Waals surface area contributed by atoms with Crippen molar-refractivity contribution in [1.82, 2.24) is 5.32 Å². The second-order valence-electron chi connectivity index (χ2n) is 5.81. The normalized spacial score (nSPS) is 25.8. The Morgan fingerprint density at radius 1 is 1.40 bits per heavy atom. The van der Waals surface area contributed by atoms with Crippen molar-refractivity contribution in [1.29, 1.82) is 0 Å². The van der Waals surface area contributed by atoms with Gasteiger partial charge < -0.3 is 10.1 Å². The number of benzene rings is 1. The van der Waals surface area contributed by atoms with Crippen LogP contribution >= 0.6 is 0 Å². The molecule has 2 atom stereocenters. The van der Waals surface area contributed by atoms with E-state index in [1.807, 2.05) is 6.07 Å². The van der Waals surface area contributed by atoms with Crippen LogP contribution in [0.4, 0.5) is 0 Å². The third kappa shape index (κ3) is 2.99. The number of hydrogen-bond acceptors (Lipinski definition) is 4. The van der Waals surface area contributed by atoms with Gasteiger partial charge in [0.1, 0.15) is 5.75 Å². The van der Waals surface area contributed by atoms with Crippen LogP contribution in [0.3, 0.4) is 0 Å². The Labute approximate surface area is 120 Å². The number of fused-ring (bicyclic) bond motifs is 1. The van der Waals surface area contributed by atoms with Gasteiger partial charge in [0.2, 0.25) is 0 Å². The molecule has 4 nitrogen and oxygen atoms in total. The maximum Gasteiger partial charge on any atom is 0.151 e. The van der Waals surface area contributed by atoms with Crippen LogP contribution in [0.5, 0.6) is 5.75 Å². The monoisotopic (exact) mass is 295 g/mol. The molecule has 110 valence electrons. The molecule has 0 aromatic heterocycles. The summed E-state index contributed by atoms with van der Waals surface area (Å²) in [6.45, 7) is 2.86. The smallest absolute Gasteiger partial charge is 0.151 e. The summed E-state index contributed by atoms with van der Waals surface area (Å²) >= 11 is 0. The molecule has 1 fully saturated rings. The first-order chi connectivity index (χ1) is 9.53. The Morgan fingerprint density at radius 2 is 2.25 bits per heavy atom. The standard InChI is InChI=1S/C15H21NO3S/c1-11(16-14-3-2-8-20(17,18)10-14)12-4-5-15-13(9-12)6-7-19-15/h4-5,9,11,14,16H,2-3,6-8,10H2,1H3.